The first kappa shape index (κ1) is 15.8. The largest absolute Gasteiger partial charge is 0.533 e. The van der Waals surface area contributed by atoms with Crippen LogP contribution < -0.4 is 0 Å². The number of carbonyl (C=O) groups excluding carboxylic acids is 3. The van der Waals surface area contributed by atoms with Crippen LogP contribution >= 0.6 is 0 Å². The molecule has 1 saturated carbocycles. The van der Waals surface area contributed by atoms with Crippen LogP contribution in [0.25, 0.3) is 0 Å². The second-order valence-electron chi connectivity index (χ2n) is 4.91. The number of hydrogen-bond donors (Lipinski definition) is 0. The van der Waals surface area contributed by atoms with Gasteiger partial charge in [0.05, 0.1) is 20.8 Å². The fraction of sp³-hybridized carbons (Fsp3) is 0.400. The molecule has 1 fully saturated rings. The quantitative estimate of drug-likeness (QED) is 0.482. The van der Waals surface area contributed by atoms with Gasteiger partial charge >= 0.3 is 12.2 Å². The van der Waals surface area contributed by atoms with E-state index >= 15 is 0 Å². The fourth-order valence-electron chi connectivity index (χ4n) is 2.18. The Bertz CT molecular complexity index is 558. The lowest BCUT2D eigenvalue weighted by Gasteiger charge is -2.18. The molecule has 1 amide bonds. The van der Waals surface area contributed by atoms with E-state index in [9.17, 15) is 14.4 Å². The molecule has 0 bridgehead atoms. The summed E-state index contributed by atoms with van der Waals surface area (Å²) < 4.78 is 8.88. The Morgan fingerprint density at radius 2 is 1.82 bits per heavy atom. The van der Waals surface area contributed by atoms with Crippen molar-refractivity contribution in [3.8, 4) is 0 Å². The van der Waals surface area contributed by atoms with Crippen molar-refractivity contribution in [1.29, 1.82) is 0 Å². The highest BCUT2D eigenvalue weighted by Gasteiger charge is 2.45. The van der Waals surface area contributed by atoms with Crippen molar-refractivity contribution in [1.82, 2.24) is 5.06 Å². The highest BCUT2D eigenvalue weighted by atomic mass is 16.8. The van der Waals surface area contributed by atoms with E-state index in [0.717, 1.165) is 12.2 Å². The van der Waals surface area contributed by atoms with Crippen LogP contribution in [0, 0.1) is 11.8 Å². The SMILES string of the molecule is COC(=O)ON(C[C@H]1C[C@@H]1C(=O)c1ccccc1)C(=O)OC. The topological polar surface area (TPSA) is 82.1 Å². The van der Waals surface area contributed by atoms with E-state index < -0.39 is 12.2 Å². The minimum Gasteiger partial charge on any atom is -0.451 e. The summed E-state index contributed by atoms with van der Waals surface area (Å²) in [7, 11) is 2.31. The molecule has 1 aliphatic carbocycles. The van der Waals surface area contributed by atoms with Crippen LogP contribution in [0.3, 0.4) is 0 Å². The third kappa shape index (κ3) is 3.75. The third-order valence-electron chi connectivity index (χ3n) is 3.45. The van der Waals surface area contributed by atoms with Crippen molar-refractivity contribution in [3.63, 3.8) is 0 Å². The molecule has 7 heteroatoms. The molecule has 0 aliphatic heterocycles. The van der Waals surface area contributed by atoms with E-state index in [2.05, 4.69) is 9.47 Å². The van der Waals surface area contributed by atoms with Gasteiger partial charge in [0.2, 0.25) is 0 Å². The number of carbonyl (C=O) groups is 3. The number of ether oxygens (including phenoxy) is 2. The molecule has 118 valence electrons. The van der Waals surface area contributed by atoms with Gasteiger partial charge in [-0.3, -0.25) is 4.79 Å². The molecule has 22 heavy (non-hydrogen) atoms. The molecule has 0 N–H and O–H groups in total. The van der Waals surface area contributed by atoms with Crippen LogP contribution in [0.5, 0.6) is 0 Å². The number of ketones is 1. The Morgan fingerprint density at radius 1 is 1.14 bits per heavy atom. The van der Waals surface area contributed by atoms with Gasteiger partial charge in [-0.2, -0.15) is 0 Å². The van der Waals surface area contributed by atoms with Gasteiger partial charge in [0.15, 0.2) is 5.78 Å². The van der Waals surface area contributed by atoms with Gasteiger partial charge in [-0.05, 0) is 12.3 Å². The Balaban J connectivity index is 1.94. The first-order valence-corrected chi connectivity index (χ1v) is 6.77. The maximum absolute atomic E-state index is 12.2. The summed E-state index contributed by atoms with van der Waals surface area (Å²) in [6, 6.07) is 8.93. The second-order valence-corrected chi connectivity index (χ2v) is 4.91. The first-order valence-electron chi connectivity index (χ1n) is 6.77. The minimum absolute atomic E-state index is 0.0217. The van der Waals surface area contributed by atoms with Gasteiger partial charge in [-0.25, -0.2) is 9.59 Å². The molecule has 0 saturated heterocycles. The standard InChI is InChI=1S/C15H17NO6/c1-20-14(18)16(22-15(19)21-2)9-11-8-12(11)13(17)10-6-4-3-5-7-10/h3-7,11-12H,8-9H2,1-2H3/t11-,12+/m1/s1. The van der Waals surface area contributed by atoms with E-state index in [-0.39, 0.29) is 24.2 Å². The number of methoxy groups -OCH3 is 2. The lowest BCUT2D eigenvalue weighted by Crippen LogP contribution is -2.35. The third-order valence-corrected chi connectivity index (χ3v) is 3.45. The smallest absolute Gasteiger partial charge is 0.451 e. The summed E-state index contributed by atoms with van der Waals surface area (Å²) in [6.07, 6.45) is -1.20. The molecule has 1 aromatic carbocycles. The predicted molar refractivity (Wildman–Crippen MR) is 75.0 cm³/mol. The average Bonchev–Trinajstić information content (AvgIpc) is 3.32. The minimum atomic E-state index is -1.02. The summed E-state index contributed by atoms with van der Waals surface area (Å²) in [4.78, 5) is 39.7. The van der Waals surface area contributed by atoms with Gasteiger partial charge in [0, 0.05) is 11.5 Å². The van der Waals surface area contributed by atoms with Crippen molar-refractivity contribution in [2.75, 3.05) is 20.8 Å². The zero-order valence-electron chi connectivity index (χ0n) is 12.4. The van der Waals surface area contributed by atoms with Gasteiger partial charge in [-0.1, -0.05) is 30.3 Å². The van der Waals surface area contributed by atoms with E-state index in [4.69, 9.17) is 4.84 Å². The van der Waals surface area contributed by atoms with E-state index in [1.54, 1.807) is 24.3 Å². The first-order chi connectivity index (χ1) is 10.6. The van der Waals surface area contributed by atoms with Crippen LogP contribution in [0.1, 0.15) is 16.8 Å². The van der Waals surface area contributed by atoms with Crippen molar-refractivity contribution in [2.24, 2.45) is 11.8 Å². The number of amides is 1. The van der Waals surface area contributed by atoms with E-state index in [1.807, 2.05) is 6.07 Å². The van der Waals surface area contributed by atoms with Gasteiger partial charge in [0.25, 0.3) is 0 Å². The van der Waals surface area contributed by atoms with Gasteiger partial charge in [0.1, 0.15) is 0 Å². The molecule has 1 aromatic rings. The number of rotatable bonds is 4. The van der Waals surface area contributed by atoms with Crippen molar-refractivity contribution < 1.29 is 28.7 Å². The molecule has 7 nitrogen and oxygen atoms in total. The maximum Gasteiger partial charge on any atom is 0.533 e. The Labute approximate surface area is 127 Å². The summed E-state index contributed by atoms with van der Waals surface area (Å²) in [5.41, 5.74) is 0.633. The molecule has 0 radical (unpaired) electrons. The van der Waals surface area contributed by atoms with Crippen molar-refractivity contribution >= 4 is 18.0 Å². The molecule has 2 atom stereocenters. The number of nitrogens with zero attached hydrogens (tertiary/aromatic N) is 1. The average molecular weight is 307 g/mol. The Kier molecular flexibility index (Phi) is 4.98. The Hall–Kier alpha value is -2.57. The highest BCUT2D eigenvalue weighted by Crippen LogP contribution is 2.41. The fourth-order valence-corrected chi connectivity index (χ4v) is 2.18. The van der Waals surface area contributed by atoms with Gasteiger partial charge in [-0.15, -0.1) is 5.06 Å². The monoisotopic (exact) mass is 307 g/mol. The maximum atomic E-state index is 12.2. The Morgan fingerprint density at radius 3 is 2.41 bits per heavy atom. The molecule has 1 aliphatic rings. The van der Waals surface area contributed by atoms with Crippen molar-refractivity contribution in [3.05, 3.63) is 35.9 Å². The molecular formula is C15H17NO6. The number of hydroxylamine groups is 2. The lowest BCUT2D eigenvalue weighted by molar-refractivity contribution is -0.106. The van der Waals surface area contributed by atoms with Crippen molar-refractivity contribution in [2.45, 2.75) is 6.42 Å². The summed E-state index contributed by atoms with van der Waals surface area (Å²) in [6.45, 7) is 0.0883. The van der Waals surface area contributed by atoms with Crippen LogP contribution in [-0.4, -0.2) is 43.9 Å². The zero-order chi connectivity index (χ0) is 16.1. The second kappa shape index (κ2) is 6.93. The number of benzene rings is 1. The highest BCUT2D eigenvalue weighted by molar-refractivity contribution is 5.99. The predicted octanol–water partition coefficient (Wildman–Crippen LogP) is 2.27. The number of Topliss-reactive ketones (excluding diaryl/α,β-unsaturated/α-hetero) is 1. The van der Waals surface area contributed by atoms with Crippen LogP contribution in [-0.2, 0) is 14.3 Å². The molecular weight excluding hydrogens is 290 g/mol. The van der Waals surface area contributed by atoms with E-state index in [1.165, 1.54) is 7.11 Å². The molecule has 2 rings (SSSR count). The molecule has 0 heterocycles. The summed E-state index contributed by atoms with van der Waals surface area (Å²) >= 11 is 0. The molecule has 0 spiro atoms. The molecule has 0 aromatic heterocycles. The van der Waals surface area contributed by atoms with Crippen LogP contribution in [0.15, 0.2) is 30.3 Å². The van der Waals surface area contributed by atoms with E-state index in [0.29, 0.717) is 12.0 Å². The summed E-state index contributed by atoms with van der Waals surface area (Å²) in [5.74, 6) is -0.235. The molecule has 0 unspecified atom stereocenters. The normalized spacial score (nSPS) is 19.0. The lowest BCUT2D eigenvalue weighted by atomic mass is 10.1. The summed E-state index contributed by atoms with van der Waals surface area (Å²) in [5, 5.41) is 0.773. The van der Waals surface area contributed by atoms with Gasteiger partial charge < -0.3 is 14.3 Å². The zero-order valence-corrected chi connectivity index (χ0v) is 12.4. The van der Waals surface area contributed by atoms with Crippen LogP contribution in [0.2, 0.25) is 0 Å². The number of hydrogen-bond acceptors (Lipinski definition) is 6. The van der Waals surface area contributed by atoms with Crippen LogP contribution in [0.4, 0.5) is 9.59 Å².